The van der Waals surface area contributed by atoms with Crippen LogP contribution >= 0.6 is 0 Å². The zero-order chi connectivity index (χ0) is 13.8. The van der Waals surface area contributed by atoms with Crippen LogP contribution in [-0.2, 0) is 12.8 Å². The fourth-order valence-corrected chi connectivity index (χ4v) is 2.19. The number of amidine groups is 1. The van der Waals surface area contributed by atoms with Crippen LogP contribution in [0, 0.1) is 5.92 Å². The molecule has 5 heteroatoms. The second-order valence-electron chi connectivity index (χ2n) is 5.32. The highest BCUT2D eigenvalue weighted by Crippen LogP contribution is 2.26. The lowest BCUT2D eigenvalue weighted by molar-refractivity contribution is 0.277. The molecule has 1 aromatic rings. The third kappa shape index (κ3) is 3.16. The summed E-state index contributed by atoms with van der Waals surface area (Å²) in [5.41, 5.74) is 8.55. The van der Waals surface area contributed by atoms with Gasteiger partial charge in [0.05, 0.1) is 12.2 Å². The molecule has 0 bridgehead atoms. The predicted molar refractivity (Wildman–Crippen MR) is 73.7 cm³/mol. The number of pyridine rings is 1. The van der Waals surface area contributed by atoms with E-state index in [9.17, 15) is 0 Å². The third-order valence-corrected chi connectivity index (χ3v) is 3.33. The summed E-state index contributed by atoms with van der Waals surface area (Å²) in [6, 6.07) is 1.94. The molecule has 0 atom stereocenters. The van der Waals surface area contributed by atoms with Gasteiger partial charge in [0.1, 0.15) is 0 Å². The van der Waals surface area contributed by atoms with E-state index in [4.69, 9.17) is 15.7 Å². The van der Waals surface area contributed by atoms with Crippen LogP contribution < -0.4 is 10.5 Å². The minimum atomic E-state index is 0.0572. The van der Waals surface area contributed by atoms with E-state index in [0.29, 0.717) is 24.0 Å². The van der Waals surface area contributed by atoms with E-state index in [0.717, 1.165) is 31.4 Å². The van der Waals surface area contributed by atoms with E-state index in [2.05, 4.69) is 24.0 Å². The molecule has 0 amide bonds. The number of aromatic nitrogens is 1. The summed E-state index contributed by atoms with van der Waals surface area (Å²) in [5, 5.41) is 11.9. The van der Waals surface area contributed by atoms with Gasteiger partial charge in [-0.25, -0.2) is 4.98 Å². The second-order valence-corrected chi connectivity index (χ2v) is 5.32. The third-order valence-electron chi connectivity index (χ3n) is 3.33. The van der Waals surface area contributed by atoms with Crippen molar-refractivity contribution in [2.24, 2.45) is 16.8 Å². The molecule has 5 nitrogen and oxygen atoms in total. The number of fused-ring (bicyclic) bond motifs is 1. The zero-order valence-electron chi connectivity index (χ0n) is 11.5. The number of ether oxygens (including phenoxy) is 1. The topological polar surface area (TPSA) is 80.7 Å². The number of nitrogens with zero attached hydrogens (tertiary/aromatic N) is 2. The first-order valence-corrected chi connectivity index (χ1v) is 6.75. The molecule has 1 aromatic heterocycles. The molecular formula is C14H21N3O2. The minimum Gasteiger partial charge on any atom is -0.477 e. The molecular weight excluding hydrogens is 242 g/mol. The van der Waals surface area contributed by atoms with Gasteiger partial charge in [-0.1, -0.05) is 19.0 Å². The van der Waals surface area contributed by atoms with Gasteiger partial charge < -0.3 is 15.7 Å². The summed E-state index contributed by atoms with van der Waals surface area (Å²) in [6.45, 7) is 4.88. The maximum absolute atomic E-state index is 8.85. The first-order chi connectivity index (χ1) is 9.11. The van der Waals surface area contributed by atoms with Gasteiger partial charge in [0.2, 0.25) is 5.88 Å². The number of hydrogen-bond donors (Lipinski definition) is 2. The monoisotopic (exact) mass is 263 g/mol. The standard InChI is InChI=1S/C14H21N3O2/c1-9(2)6-7-19-14-11(13(15)17-18)8-10-4-3-5-12(10)16-14/h8-9,18H,3-7H2,1-2H3,(H2,15,17). The molecule has 1 aliphatic rings. The van der Waals surface area contributed by atoms with Crippen molar-refractivity contribution in [3.8, 4) is 5.88 Å². The van der Waals surface area contributed by atoms with Crippen molar-refractivity contribution in [1.29, 1.82) is 0 Å². The van der Waals surface area contributed by atoms with Gasteiger partial charge in [-0.15, -0.1) is 0 Å². The molecule has 0 saturated heterocycles. The lowest BCUT2D eigenvalue weighted by atomic mass is 10.1. The highest BCUT2D eigenvalue weighted by atomic mass is 16.5. The first-order valence-electron chi connectivity index (χ1n) is 6.75. The van der Waals surface area contributed by atoms with Crippen LogP contribution in [-0.4, -0.2) is 22.6 Å². The van der Waals surface area contributed by atoms with Crippen LogP contribution in [0.5, 0.6) is 5.88 Å². The average molecular weight is 263 g/mol. The van der Waals surface area contributed by atoms with Crippen LogP contribution in [0.4, 0.5) is 0 Å². The molecule has 1 aliphatic carbocycles. The summed E-state index contributed by atoms with van der Waals surface area (Å²) >= 11 is 0. The Morgan fingerprint density at radius 1 is 1.53 bits per heavy atom. The quantitative estimate of drug-likeness (QED) is 0.369. The van der Waals surface area contributed by atoms with Crippen LogP contribution in [0.15, 0.2) is 11.2 Å². The van der Waals surface area contributed by atoms with Crippen molar-refractivity contribution >= 4 is 5.84 Å². The van der Waals surface area contributed by atoms with Gasteiger partial charge in [-0.3, -0.25) is 0 Å². The maximum atomic E-state index is 8.85. The summed E-state index contributed by atoms with van der Waals surface area (Å²) in [6.07, 6.45) is 4.04. The van der Waals surface area contributed by atoms with E-state index in [1.165, 1.54) is 5.56 Å². The number of aryl methyl sites for hydroxylation is 2. The van der Waals surface area contributed by atoms with E-state index in [1.807, 2.05) is 6.07 Å². The number of nitrogens with two attached hydrogens (primary N) is 1. The number of hydrogen-bond acceptors (Lipinski definition) is 4. The molecule has 0 aromatic carbocycles. The van der Waals surface area contributed by atoms with Crippen LogP contribution in [0.1, 0.15) is 43.5 Å². The van der Waals surface area contributed by atoms with Crippen molar-refractivity contribution in [2.75, 3.05) is 6.61 Å². The molecule has 0 spiro atoms. The molecule has 0 unspecified atom stereocenters. The van der Waals surface area contributed by atoms with E-state index in [1.54, 1.807) is 0 Å². The van der Waals surface area contributed by atoms with Gasteiger partial charge in [0, 0.05) is 5.69 Å². The maximum Gasteiger partial charge on any atom is 0.224 e. The Bertz CT molecular complexity index is 484. The molecule has 1 heterocycles. The Balaban J connectivity index is 2.24. The Morgan fingerprint density at radius 2 is 2.32 bits per heavy atom. The molecule has 3 N–H and O–H groups in total. The summed E-state index contributed by atoms with van der Waals surface area (Å²) in [4.78, 5) is 4.52. The molecule has 19 heavy (non-hydrogen) atoms. The Morgan fingerprint density at radius 3 is 3.00 bits per heavy atom. The van der Waals surface area contributed by atoms with Gasteiger partial charge in [-0.05, 0) is 43.2 Å². The van der Waals surface area contributed by atoms with E-state index >= 15 is 0 Å². The fourth-order valence-electron chi connectivity index (χ4n) is 2.19. The molecule has 0 radical (unpaired) electrons. The van der Waals surface area contributed by atoms with Crippen molar-refractivity contribution in [1.82, 2.24) is 4.98 Å². The number of rotatable bonds is 5. The lowest BCUT2D eigenvalue weighted by Gasteiger charge is -2.12. The Hall–Kier alpha value is -1.78. The fraction of sp³-hybridized carbons (Fsp3) is 0.571. The minimum absolute atomic E-state index is 0.0572. The van der Waals surface area contributed by atoms with Gasteiger partial charge in [-0.2, -0.15) is 0 Å². The Labute approximate surface area is 113 Å². The molecule has 0 fully saturated rings. The molecule has 2 rings (SSSR count). The molecule has 0 saturated carbocycles. The zero-order valence-corrected chi connectivity index (χ0v) is 11.5. The largest absolute Gasteiger partial charge is 0.477 e. The van der Waals surface area contributed by atoms with Gasteiger partial charge >= 0.3 is 0 Å². The van der Waals surface area contributed by atoms with Crippen molar-refractivity contribution < 1.29 is 9.94 Å². The highest BCUT2D eigenvalue weighted by molar-refractivity contribution is 5.99. The summed E-state index contributed by atoms with van der Waals surface area (Å²) in [7, 11) is 0. The smallest absolute Gasteiger partial charge is 0.224 e. The second kappa shape index (κ2) is 5.91. The highest BCUT2D eigenvalue weighted by Gasteiger charge is 2.19. The van der Waals surface area contributed by atoms with Crippen molar-refractivity contribution in [2.45, 2.75) is 39.5 Å². The predicted octanol–water partition coefficient (Wildman–Crippen LogP) is 2.09. The van der Waals surface area contributed by atoms with E-state index in [-0.39, 0.29) is 5.84 Å². The Kier molecular flexibility index (Phi) is 4.24. The summed E-state index contributed by atoms with van der Waals surface area (Å²) in [5.74, 6) is 1.11. The molecule has 0 aliphatic heterocycles. The van der Waals surface area contributed by atoms with Crippen LogP contribution in [0.2, 0.25) is 0 Å². The van der Waals surface area contributed by atoms with Crippen LogP contribution in [0.25, 0.3) is 0 Å². The van der Waals surface area contributed by atoms with E-state index < -0.39 is 0 Å². The average Bonchev–Trinajstić information content (AvgIpc) is 2.83. The van der Waals surface area contributed by atoms with Gasteiger partial charge in [0.15, 0.2) is 5.84 Å². The van der Waals surface area contributed by atoms with Crippen molar-refractivity contribution in [3.05, 3.63) is 22.9 Å². The molecule has 104 valence electrons. The first kappa shape index (κ1) is 13.6. The van der Waals surface area contributed by atoms with Crippen molar-refractivity contribution in [3.63, 3.8) is 0 Å². The lowest BCUT2D eigenvalue weighted by Crippen LogP contribution is -2.17. The SMILES string of the molecule is CC(C)CCOc1nc2c(cc1C(N)=NO)CCC2. The van der Waals surface area contributed by atoms with Gasteiger partial charge in [0.25, 0.3) is 0 Å². The normalized spacial score (nSPS) is 14.8. The number of oxime groups is 1. The van der Waals surface area contributed by atoms with Crippen LogP contribution in [0.3, 0.4) is 0 Å². The summed E-state index contributed by atoms with van der Waals surface area (Å²) < 4.78 is 5.71.